The van der Waals surface area contributed by atoms with Gasteiger partial charge in [0.1, 0.15) is 0 Å². The van der Waals surface area contributed by atoms with Crippen LogP contribution in [0.15, 0.2) is 42.5 Å². The summed E-state index contributed by atoms with van der Waals surface area (Å²) in [5, 5.41) is 2.97. The molecule has 2 aliphatic rings. The van der Waals surface area contributed by atoms with Crippen molar-refractivity contribution in [3.05, 3.63) is 48.0 Å². The summed E-state index contributed by atoms with van der Waals surface area (Å²) in [4.78, 5) is 14.7. The molecule has 1 atom stereocenters. The van der Waals surface area contributed by atoms with Crippen LogP contribution in [0.5, 0.6) is 11.5 Å². The van der Waals surface area contributed by atoms with E-state index >= 15 is 0 Å². The van der Waals surface area contributed by atoms with E-state index in [9.17, 15) is 4.79 Å². The average molecular weight is 338 g/mol. The summed E-state index contributed by atoms with van der Waals surface area (Å²) in [6, 6.07) is 14.1. The summed E-state index contributed by atoms with van der Waals surface area (Å²) in [5.74, 6) is 1.39. The van der Waals surface area contributed by atoms with E-state index in [2.05, 4.69) is 29.3 Å². The lowest BCUT2D eigenvalue weighted by Crippen LogP contribution is -2.37. The first-order valence-corrected chi connectivity index (χ1v) is 8.75. The largest absolute Gasteiger partial charge is 0.490 e. The number of rotatable bonds is 3. The lowest BCUT2D eigenvalue weighted by Gasteiger charge is -2.24. The van der Waals surface area contributed by atoms with Gasteiger partial charge in [0.05, 0.1) is 19.8 Å². The molecule has 0 radical (unpaired) electrons. The Labute approximate surface area is 147 Å². The first-order chi connectivity index (χ1) is 12.2. The highest BCUT2D eigenvalue weighted by atomic mass is 16.5. The highest BCUT2D eigenvalue weighted by Crippen LogP contribution is 2.33. The zero-order valence-electron chi connectivity index (χ0n) is 14.3. The van der Waals surface area contributed by atoms with Crippen molar-refractivity contribution in [3.63, 3.8) is 0 Å². The van der Waals surface area contributed by atoms with Gasteiger partial charge in [-0.25, -0.2) is 0 Å². The van der Waals surface area contributed by atoms with Gasteiger partial charge in [0.15, 0.2) is 11.5 Å². The molecule has 0 saturated carbocycles. The number of anilines is 2. The molecule has 1 amide bonds. The molecule has 5 nitrogen and oxygen atoms in total. The van der Waals surface area contributed by atoms with Crippen LogP contribution in [0, 0.1) is 0 Å². The predicted octanol–water partition coefficient (Wildman–Crippen LogP) is 3.24. The Morgan fingerprint density at radius 3 is 2.84 bits per heavy atom. The Balaban J connectivity index is 1.45. The van der Waals surface area contributed by atoms with Crippen LogP contribution in [0.4, 0.5) is 11.4 Å². The zero-order valence-corrected chi connectivity index (χ0v) is 14.3. The van der Waals surface area contributed by atoms with Crippen molar-refractivity contribution in [3.8, 4) is 11.5 Å². The van der Waals surface area contributed by atoms with Gasteiger partial charge in [-0.15, -0.1) is 0 Å². The number of nitrogens with zero attached hydrogens (tertiary/aromatic N) is 1. The number of benzene rings is 2. The van der Waals surface area contributed by atoms with Gasteiger partial charge in [-0.05, 0) is 37.1 Å². The van der Waals surface area contributed by atoms with Gasteiger partial charge >= 0.3 is 0 Å². The topological polar surface area (TPSA) is 50.8 Å². The molecule has 5 heteroatoms. The SMILES string of the molecule is C[C@H]1Cc2ccccc2N1CC(=O)Nc1ccc2c(c1)OCCCO2. The molecule has 0 bridgehead atoms. The molecule has 25 heavy (non-hydrogen) atoms. The molecule has 0 unspecified atom stereocenters. The van der Waals surface area contributed by atoms with Crippen LogP contribution in [-0.4, -0.2) is 31.7 Å². The molecule has 0 fully saturated rings. The lowest BCUT2D eigenvalue weighted by molar-refractivity contribution is -0.115. The van der Waals surface area contributed by atoms with Crippen molar-refractivity contribution in [2.75, 3.05) is 30.0 Å². The zero-order chi connectivity index (χ0) is 17.2. The van der Waals surface area contributed by atoms with Crippen molar-refractivity contribution in [1.82, 2.24) is 0 Å². The minimum Gasteiger partial charge on any atom is -0.490 e. The number of nitrogens with one attached hydrogen (secondary N) is 1. The molecule has 0 aromatic heterocycles. The summed E-state index contributed by atoms with van der Waals surface area (Å²) < 4.78 is 11.3. The van der Waals surface area contributed by atoms with Gasteiger partial charge < -0.3 is 19.7 Å². The Kier molecular flexibility index (Phi) is 4.22. The fourth-order valence-corrected chi connectivity index (χ4v) is 3.47. The number of hydrogen-bond donors (Lipinski definition) is 1. The Bertz CT molecular complexity index is 790. The molecule has 1 N–H and O–H groups in total. The maximum Gasteiger partial charge on any atom is 0.243 e. The summed E-state index contributed by atoms with van der Waals surface area (Å²) >= 11 is 0. The highest BCUT2D eigenvalue weighted by molar-refractivity contribution is 5.94. The van der Waals surface area contributed by atoms with Crippen LogP contribution < -0.4 is 19.7 Å². The van der Waals surface area contributed by atoms with Gasteiger partial charge in [-0.2, -0.15) is 0 Å². The quantitative estimate of drug-likeness (QED) is 0.933. The summed E-state index contributed by atoms with van der Waals surface area (Å²) in [6.45, 7) is 3.78. The molecule has 2 heterocycles. The number of amides is 1. The van der Waals surface area contributed by atoms with Crippen molar-refractivity contribution < 1.29 is 14.3 Å². The number of carbonyl (C=O) groups is 1. The first kappa shape index (κ1) is 15.8. The Morgan fingerprint density at radius 2 is 1.96 bits per heavy atom. The van der Waals surface area contributed by atoms with Crippen LogP contribution in [0.3, 0.4) is 0 Å². The van der Waals surface area contributed by atoms with Crippen LogP contribution in [-0.2, 0) is 11.2 Å². The number of carbonyl (C=O) groups excluding carboxylic acids is 1. The molecule has 130 valence electrons. The smallest absolute Gasteiger partial charge is 0.243 e. The molecule has 0 spiro atoms. The van der Waals surface area contributed by atoms with Gasteiger partial charge in [0, 0.05) is 29.9 Å². The molecule has 4 rings (SSSR count). The minimum atomic E-state index is -0.0296. The van der Waals surface area contributed by atoms with E-state index in [4.69, 9.17) is 9.47 Å². The second-order valence-corrected chi connectivity index (χ2v) is 6.57. The van der Waals surface area contributed by atoms with Gasteiger partial charge in [0.25, 0.3) is 0 Å². The van der Waals surface area contributed by atoms with Gasteiger partial charge in [0.2, 0.25) is 5.91 Å². The monoisotopic (exact) mass is 338 g/mol. The van der Waals surface area contributed by atoms with Crippen LogP contribution in [0.2, 0.25) is 0 Å². The number of fused-ring (bicyclic) bond motifs is 2. The third-order valence-corrected chi connectivity index (χ3v) is 4.69. The third-order valence-electron chi connectivity index (χ3n) is 4.69. The van der Waals surface area contributed by atoms with Gasteiger partial charge in [-0.1, -0.05) is 18.2 Å². The minimum absolute atomic E-state index is 0.0296. The van der Waals surface area contributed by atoms with Crippen molar-refractivity contribution in [1.29, 1.82) is 0 Å². The van der Waals surface area contributed by atoms with E-state index in [0.29, 0.717) is 31.5 Å². The van der Waals surface area contributed by atoms with E-state index in [1.54, 1.807) is 0 Å². The van der Waals surface area contributed by atoms with Crippen LogP contribution in [0.25, 0.3) is 0 Å². The first-order valence-electron chi connectivity index (χ1n) is 8.75. The molecular weight excluding hydrogens is 316 g/mol. The van der Waals surface area contributed by atoms with Crippen molar-refractivity contribution >= 4 is 17.3 Å². The predicted molar refractivity (Wildman–Crippen MR) is 97.6 cm³/mol. The average Bonchev–Trinajstić information content (AvgIpc) is 2.78. The van der Waals surface area contributed by atoms with E-state index < -0.39 is 0 Å². The van der Waals surface area contributed by atoms with Crippen molar-refractivity contribution in [2.45, 2.75) is 25.8 Å². The molecule has 0 aliphatic carbocycles. The van der Waals surface area contributed by atoms with E-state index in [1.165, 1.54) is 5.56 Å². The van der Waals surface area contributed by atoms with Gasteiger partial charge in [-0.3, -0.25) is 4.79 Å². The maximum atomic E-state index is 12.5. The molecule has 2 aromatic carbocycles. The maximum absolute atomic E-state index is 12.5. The third kappa shape index (κ3) is 3.27. The van der Waals surface area contributed by atoms with Crippen LogP contribution >= 0.6 is 0 Å². The number of hydrogen-bond acceptors (Lipinski definition) is 4. The molecular formula is C20H22N2O3. The van der Waals surface area contributed by atoms with E-state index in [1.807, 2.05) is 30.3 Å². The second kappa shape index (κ2) is 6.67. The lowest BCUT2D eigenvalue weighted by atomic mass is 10.1. The van der Waals surface area contributed by atoms with Crippen LogP contribution in [0.1, 0.15) is 18.9 Å². The highest BCUT2D eigenvalue weighted by Gasteiger charge is 2.27. The summed E-state index contributed by atoms with van der Waals surface area (Å²) in [5.41, 5.74) is 3.19. The summed E-state index contributed by atoms with van der Waals surface area (Å²) in [6.07, 6.45) is 1.84. The van der Waals surface area contributed by atoms with Crippen molar-refractivity contribution in [2.24, 2.45) is 0 Å². The van der Waals surface area contributed by atoms with E-state index in [0.717, 1.165) is 30.0 Å². The fraction of sp³-hybridized carbons (Fsp3) is 0.350. The summed E-state index contributed by atoms with van der Waals surface area (Å²) in [7, 11) is 0. The number of para-hydroxylation sites is 1. The number of ether oxygens (including phenoxy) is 2. The Hall–Kier alpha value is -2.69. The molecule has 0 saturated heterocycles. The standard InChI is InChI=1S/C20H22N2O3/c1-14-11-15-5-2-3-6-17(15)22(14)13-20(23)21-16-7-8-18-19(12-16)25-10-4-9-24-18/h2-3,5-8,12,14H,4,9-11,13H2,1H3,(H,21,23)/t14-/m0/s1. The Morgan fingerprint density at radius 1 is 1.16 bits per heavy atom. The molecule has 2 aliphatic heterocycles. The van der Waals surface area contributed by atoms with E-state index in [-0.39, 0.29) is 5.91 Å². The molecule has 2 aromatic rings. The second-order valence-electron chi connectivity index (χ2n) is 6.57. The fourth-order valence-electron chi connectivity index (χ4n) is 3.47. The normalized spacial score (nSPS) is 18.4.